The van der Waals surface area contributed by atoms with Crippen LogP contribution < -0.4 is 5.73 Å². The van der Waals surface area contributed by atoms with E-state index in [1.165, 1.54) is 0 Å². The van der Waals surface area contributed by atoms with Crippen LogP contribution >= 0.6 is 0 Å². The van der Waals surface area contributed by atoms with E-state index >= 15 is 0 Å². The molecule has 0 aliphatic rings. The fourth-order valence-corrected chi connectivity index (χ4v) is 1.06. The van der Waals surface area contributed by atoms with E-state index in [-0.39, 0.29) is 6.10 Å². The third-order valence-electron chi connectivity index (χ3n) is 1.65. The molecule has 4 nitrogen and oxygen atoms in total. The topological polar surface area (TPSA) is 65.2 Å². The highest BCUT2D eigenvalue weighted by molar-refractivity contribution is 5.64. The van der Waals surface area contributed by atoms with Gasteiger partial charge in [0.1, 0.15) is 6.10 Å². The second-order valence-electron chi connectivity index (χ2n) is 2.59. The Morgan fingerprint density at radius 2 is 2.46 bits per heavy atom. The molecular formula is C9H12N2O2. The summed E-state index contributed by atoms with van der Waals surface area (Å²) < 4.78 is 4.86. The Kier molecular flexibility index (Phi) is 3.25. The summed E-state index contributed by atoms with van der Waals surface area (Å²) in [6, 6.07) is 5.45. The van der Waals surface area contributed by atoms with Gasteiger partial charge in [-0.1, -0.05) is 13.0 Å². The third kappa shape index (κ3) is 2.74. The Balaban J connectivity index is 2.73. The molecule has 0 saturated carbocycles. The van der Waals surface area contributed by atoms with Crippen molar-refractivity contribution in [1.29, 1.82) is 0 Å². The molecule has 0 spiro atoms. The molecule has 1 aromatic heterocycles. The quantitative estimate of drug-likeness (QED) is 0.768. The number of pyridine rings is 1. The SMILES string of the molecule is CCC(OC(N)=O)c1ccccn1. The zero-order valence-corrected chi connectivity index (χ0v) is 7.43. The van der Waals surface area contributed by atoms with Crippen LogP contribution in [-0.2, 0) is 4.74 Å². The van der Waals surface area contributed by atoms with Crippen molar-refractivity contribution in [3.8, 4) is 0 Å². The maximum absolute atomic E-state index is 10.5. The zero-order valence-electron chi connectivity index (χ0n) is 7.43. The molecule has 0 saturated heterocycles. The molecule has 0 bridgehead atoms. The van der Waals surface area contributed by atoms with Gasteiger partial charge in [-0.15, -0.1) is 0 Å². The molecule has 0 radical (unpaired) electrons. The molecule has 1 heterocycles. The van der Waals surface area contributed by atoms with Crippen molar-refractivity contribution in [1.82, 2.24) is 4.98 Å². The number of carbonyl (C=O) groups excluding carboxylic acids is 1. The zero-order chi connectivity index (χ0) is 9.68. The van der Waals surface area contributed by atoms with Crippen molar-refractivity contribution in [2.75, 3.05) is 0 Å². The Hall–Kier alpha value is -1.58. The van der Waals surface area contributed by atoms with Crippen molar-refractivity contribution < 1.29 is 9.53 Å². The molecule has 0 aromatic carbocycles. The summed E-state index contributed by atoms with van der Waals surface area (Å²) in [5, 5.41) is 0. The van der Waals surface area contributed by atoms with E-state index in [0.717, 1.165) is 5.69 Å². The summed E-state index contributed by atoms with van der Waals surface area (Å²) in [6.07, 6.45) is 1.22. The maximum atomic E-state index is 10.5. The lowest BCUT2D eigenvalue weighted by Crippen LogP contribution is -2.17. The van der Waals surface area contributed by atoms with Crippen LogP contribution in [0.4, 0.5) is 4.79 Å². The molecule has 0 aliphatic carbocycles. The monoisotopic (exact) mass is 180 g/mol. The lowest BCUT2D eigenvalue weighted by molar-refractivity contribution is 0.102. The number of ether oxygens (including phenoxy) is 1. The summed E-state index contributed by atoms with van der Waals surface area (Å²) in [6.45, 7) is 1.91. The average Bonchev–Trinajstić information content (AvgIpc) is 2.15. The van der Waals surface area contributed by atoms with Gasteiger partial charge in [-0.05, 0) is 18.6 Å². The normalized spacial score (nSPS) is 12.1. The average molecular weight is 180 g/mol. The van der Waals surface area contributed by atoms with Gasteiger partial charge in [-0.3, -0.25) is 4.98 Å². The fraction of sp³-hybridized carbons (Fsp3) is 0.333. The first-order chi connectivity index (χ1) is 6.24. The Morgan fingerprint density at radius 1 is 1.69 bits per heavy atom. The summed E-state index contributed by atoms with van der Waals surface area (Å²) >= 11 is 0. The predicted molar refractivity (Wildman–Crippen MR) is 47.9 cm³/mol. The Morgan fingerprint density at radius 3 is 2.92 bits per heavy atom. The van der Waals surface area contributed by atoms with Crippen molar-refractivity contribution >= 4 is 6.09 Å². The summed E-state index contributed by atoms with van der Waals surface area (Å²) in [7, 11) is 0. The van der Waals surface area contributed by atoms with Crippen LogP contribution in [0.15, 0.2) is 24.4 Å². The van der Waals surface area contributed by atoms with Crippen molar-refractivity contribution in [2.24, 2.45) is 5.73 Å². The van der Waals surface area contributed by atoms with E-state index in [0.29, 0.717) is 6.42 Å². The minimum absolute atomic E-state index is 0.335. The van der Waals surface area contributed by atoms with Gasteiger partial charge in [-0.25, -0.2) is 4.79 Å². The van der Waals surface area contributed by atoms with Crippen LogP contribution in [0.1, 0.15) is 25.1 Å². The van der Waals surface area contributed by atoms with E-state index in [1.54, 1.807) is 18.3 Å². The molecule has 0 fully saturated rings. The van der Waals surface area contributed by atoms with Crippen molar-refractivity contribution in [3.63, 3.8) is 0 Å². The molecule has 70 valence electrons. The molecular weight excluding hydrogens is 168 g/mol. The lowest BCUT2D eigenvalue weighted by Gasteiger charge is -2.13. The summed E-state index contributed by atoms with van der Waals surface area (Å²) in [5.41, 5.74) is 5.64. The van der Waals surface area contributed by atoms with Crippen LogP contribution in [0.3, 0.4) is 0 Å². The van der Waals surface area contributed by atoms with Gasteiger partial charge in [0.15, 0.2) is 0 Å². The highest BCUT2D eigenvalue weighted by atomic mass is 16.6. The van der Waals surface area contributed by atoms with E-state index in [9.17, 15) is 4.79 Å². The molecule has 13 heavy (non-hydrogen) atoms. The molecule has 1 atom stereocenters. The number of hydrogen-bond acceptors (Lipinski definition) is 3. The predicted octanol–water partition coefficient (Wildman–Crippen LogP) is 1.63. The van der Waals surface area contributed by atoms with Crippen LogP contribution in [0.2, 0.25) is 0 Å². The van der Waals surface area contributed by atoms with Crippen molar-refractivity contribution in [2.45, 2.75) is 19.4 Å². The summed E-state index contributed by atoms with van der Waals surface area (Å²) in [4.78, 5) is 14.6. The minimum Gasteiger partial charge on any atom is -0.440 e. The number of nitrogens with zero attached hydrogens (tertiary/aromatic N) is 1. The van der Waals surface area contributed by atoms with Gasteiger partial charge in [0.05, 0.1) is 5.69 Å². The summed E-state index contributed by atoms with van der Waals surface area (Å²) in [5.74, 6) is 0. The second kappa shape index (κ2) is 4.45. The van der Waals surface area contributed by atoms with E-state index in [1.807, 2.05) is 13.0 Å². The van der Waals surface area contributed by atoms with Gasteiger partial charge in [-0.2, -0.15) is 0 Å². The van der Waals surface area contributed by atoms with Crippen molar-refractivity contribution in [3.05, 3.63) is 30.1 Å². The lowest BCUT2D eigenvalue weighted by atomic mass is 10.2. The largest absolute Gasteiger partial charge is 0.440 e. The first kappa shape index (κ1) is 9.51. The van der Waals surface area contributed by atoms with Crippen LogP contribution in [0, 0.1) is 0 Å². The van der Waals surface area contributed by atoms with Gasteiger partial charge in [0, 0.05) is 6.20 Å². The van der Waals surface area contributed by atoms with E-state index < -0.39 is 6.09 Å². The molecule has 1 amide bonds. The van der Waals surface area contributed by atoms with E-state index in [2.05, 4.69) is 4.98 Å². The van der Waals surface area contributed by atoms with Gasteiger partial charge in [0.25, 0.3) is 0 Å². The Labute approximate surface area is 76.7 Å². The smallest absolute Gasteiger partial charge is 0.405 e. The number of hydrogen-bond donors (Lipinski definition) is 1. The minimum atomic E-state index is -0.766. The number of aromatic nitrogens is 1. The molecule has 4 heteroatoms. The maximum Gasteiger partial charge on any atom is 0.405 e. The fourth-order valence-electron chi connectivity index (χ4n) is 1.06. The van der Waals surface area contributed by atoms with Crippen LogP contribution in [0.5, 0.6) is 0 Å². The molecule has 0 aliphatic heterocycles. The number of amides is 1. The number of rotatable bonds is 3. The van der Waals surface area contributed by atoms with Gasteiger partial charge < -0.3 is 10.5 Å². The van der Waals surface area contributed by atoms with Crippen LogP contribution in [-0.4, -0.2) is 11.1 Å². The first-order valence-corrected chi connectivity index (χ1v) is 4.11. The van der Waals surface area contributed by atoms with Crippen LogP contribution in [0.25, 0.3) is 0 Å². The molecule has 1 aromatic rings. The number of nitrogens with two attached hydrogens (primary N) is 1. The highest BCUT2D eigenvalue weighted by Gasteiger charge is 2.12. The number of primary amides is 1. The second-order valence-corrected chi connectivity index (χ2v) is 2.59. The van der Waals surface area contributed by atoms with Gasteiger partial charge >= 0.3 is 6.09 Å². The molecule has 1 unspecified atom stereocenters. The Bertz CT molecular complexity index is 274. The standard InChI is InChI=1S/C9H12N2O2/c1-2-8(13-9(10)12)7-5-3-4-6-11-7/h3-6,8H,2H2,1H3,(H2,10,12). The molecule has 1 rings (SSSR count). The highest BCUT2D eigenvalue weighted by Crippen LogP contribution is 2.17. The van der Waals surface area contributed by atoms with Gasteiger partial charge in [0.2, 0.25) is 0 Å². The molecule has 2 N–H and O–H groups in total. The number of carbonyl (C=O) groups is 1. The first-order valence-electron chi connectivity index (χ1n) is 4.11. The van der Waals surface area contributed by atoms with E-state index in [4.69, 9.17) is 10.5 Å². The third-order valence-corrected chi connectivity index (χ3v) is 1.65.